The van der Waals surface area contributed by atoms with Crippen LogP contribution in [-0.2, 0) is 14.8 Å². The molecular formula is C23H32N2O5S. The summed E-state index contributed by atoms with van der Waals surface area (Å²) in [6, 6.07) is 4.85. The molecule has 4 aliphatic carbocycles. The first-order valence-corrected chi connectivity index (χ1v) is 12.8. The maximum atomic E-state index is 12.9. The molecule has 8 heteroatoms. The molecule has 0 saturated heterocycles. The molecule has 4 fully saturated rings. The highest BCUT2D eigenvalue weighted by atomic mass is 32.2. The van der Waals surface area contributed by atoms with Crippen LogP contribution in [0.1, 0.15) is 62.7 Å². The van der Waals surface area contributed by atoms with Crippen LogP contribution in [0, 0.1) is 23.2 Å². The summed E-state index contributed by atoms with van der Waals surface area (Å²) in [6.07, 6.45) is 6.21. The fourth-order valence-corrected chi connectivity index (χ4v) is 8.17. The SMILES string of the molecule is CCN(CC)S(=O)(=O)c1ccc(C(=O)NC(C(=O)O)C23CC4CC(CC(C4)C2)C3)cc1. The molecule has 4 saturated carbocycles. The van der Waals surface area contributed by atoms with Gasteiger partial charge in [-0.1, -0.05) is 13.8 Å². The summed E-state index contributed by atoms with van der Waals surface area (Å²) in [6.45, 7) is 4.29. The summed E-state index contributed by atoms with van der Waals surface area (Å²) in [5.41, 5.74) is -0.0862. The van der Waals surface area contributed by atoms with Crippen molar-refractivity contribution < 1.29 is 23.1 Å². The first kappa shape index (κ1) is 22.3. The zero-order valence-electron chi connectivity index (χ0n) is 18.2. The summed E-state index contributed by atoms with van der Waals surface area (Å²) in [5.74, 6) is 0.296. The van der Waals surface area contributed by atoms with Crippen molar-refractivity contribution in [2.45, 2.75) is 63.3 Å². The maximum Gasteiger partial charge on any atom is 0.326 e. The maximum absolute atomic E-state index is 12.9. The summed E-state index contributed by atoms with van der Waals surface area (Å²) < 4.78 is 26.7. The highest BCUT2D eigenvalue weighted by Crippen LogP contribution is 2.61. The molecule has 4 aliphatic rings. The van der Waals surface area contributed by atoms with Crippen molar-refractivity contribution in [3.8, 4) is 0 Å². The van der Waals surface area contributed by atoms with E-state index in [1.165, 1.54) is 47.8 Å². The van der Waals surface area contributed by atoms with Crippen molar-refractivity contribution in [3.63, 3.8) is 0 Å². The Kier molecular flexibility index (Phi) is 5.89. The molecule has 4 bridgehead atoms. The summed E-state index contributed by atoms with van der Waals surface area (Å²) in [7, 11) is -3.60. The molecule has 31 heavy (non-hydrogen) atoms. The number of hydrogen-bond donors (Lipinski definition) is 2. The molecule has 0 aliphatic heterocycles. The zero-order valence-corrected chi connectivity index (χ0v) is 19.0. The number of carbonyl (C=O) groups is 2. The number of amides is 1. The van der Waals surface area contributed by atoms with Gasteiger partial charge in [0, 0.05) is 24.1 Å². The van der Waals surface area contributed by atoms with Gasteiger partial charge in [-0.3, -0.25) is 4.79 Å². The summed E-state index contributed by atoms with van der Waals surface area (Å²) in [5, 5.41) is 12.8. The van der Waals surface area contributed by atoms with Crippen molar-refractivity contribution >= 4 is 21.9 Å². The van der Waals surface area contributed by atoms with E-state index in [1.807, 2.05) is 0 Å². The average molecular weight is 449 g/mol. The molecule has 1 aromatic rings. The molecule has 1 amide bonds. The van der Waals surface area contributed by atoms with Crippen LogP contribution in [0.3, 0.4) is 0 Å². The first-order valence-electron chi connectivity index (χ1n) is 11.3. The van der Waals surface area contributed by atoms with E-state index >= 15 is 0 Å². The molecule has 0 radical (unpaired) electrons. The zero-order chi connectivity index (χ0) is 22.4. The number of aliphatic carboxylic acids is 1. The fraction of sp³-hybridized carbons (Fsp3) is 0.652. The van der Waals surface area contributed by atoms with Gasteiger partial charge in [0.2, 0.25) is 10.0 Å². The monoisotopic (exact) mass is 448 g/mol. The standard InChI is InChI=1S/C23H32N2O5S/c1-3-25(4-2)31(29,30)19-7-5-18(6-8-19)21(26)24-20(22(27)28)23-12-15-9-16(13-23)11-17(10-15)14-23/h5-8,15-17,20H,3-4,9-14H2,1-2H3,(H,24,26)(H,27,28). The van der Waals surface area contributed by atoms with Gasteiger partial charge in [0.1, 0.15) is 6.04 Å². The normalized spacial score (nSPS) is 30.4. The Morgan fingerprint density at radius 3 is 1.94 bits per heavy atom. The van der Waals surface area contributed by atoms with E-state index in [4.69, 9.17) is 0 Å². The van der Waals surface area contributed by atoms with Gasteiger partial charge in [0.25, 0.3) is 5.91 Å². The van der Waals surface area contributed by atoms with Crippen LogP contribution in [0.25, 0.3) is 0 Å². The first-order chi connectivity index (χ1) is 14.7. The third-order valence-electron chi connectivity index (χ3n) is 7.68. The second-order valence-electron chi connectivity index (χ2n) is 9.64. The Hall–Kier alpha value is -1.93. The Morgan fingerprint density at radius 1 is 1.03 bits per heavy atom. The number of carbonyl (C=O) groups excluding carboxylic acids is 1. The van der Waals surface area contributed by atoms with Gasteiger partial charge in [0.15, 0.2) is 0 Å². The Balaban J connectivity index is 1.52. The van der Waals surface area contributed by atoms with E-state index in [1.54, 1.807) is 13.8 Å². The second kappa shape index (κ2) is 8.20. The molecule has 170 valence electrons. The minimum atomic E-state index is -3.60. The van der Waals surface area contributed by atoms with Gasteiger partial charge < -0.3 is 10.4 Å². The number of sulfonamides is 1. The number of benzene rings is 1. The van der Waals surface area contributed by atoms with Gasteiger partial charge in [0.05, 0.1) is 4.90 Å². The van der Waals surface area contributed by atoms with Crippen LogP contribution in [0.15, 0.2) is 29.2 Å². The van der Waals surface area contributed by atoms with Crippen molar-refractivity contribution in [2.75, 3.05) is 13.1 Å². The lowest BCUT2D eigenvalue weighted by Crippen LogP contribution is -2.59. The van der Waals surface area contributed by atoms with Gasteiger partial charge >= 0.3 is 5.97 Å². The van der Waals surface area contributed by atoms with Gasteiger partial charge in [-0.05, 0) is 80.5 Å². The van der Waals surface area contributed by atoms with Gasteiger partial charge in [-0.2, -0.15) is 4.31 Å². The number of hydrogen-bond acceptors (Lipinski definition) is 4. The lowest BCUT2D eigenvalue weighted by molar-refractivity contribution is -0.150. The molecule has 0 heterocycles. The van der Waals surface area contributed by atoms with Crippen LogP contribution in [0.5, 0.6) is 0 Å². The molecular weight excluding hydrogens is 416 g/mol. The second-order valence-corrected chi connectivity index (χ2v) is 11.6. The van der Waals surface area contributed by atoms with E-state index in [-0.39, 0.29) is 15.9 Å². The third-order valence-corrected chi connectivity index (χ3v) is 9.74. The topological polar surface area (TPSA) is 104 Å². The van der Waals surface area contributed by atoms with Gasteiger partial charge in [-0.25, -0.2) is 13.2 Å². The quantitative estimate of drug-likeness (QED) is 0.636. The predicted molar refractivity (Wildman–Crippen MR) is 116 cm³/mol. The fourth-order valence-electron chi connectivity index (χ4n) is 6.71. The van der Waals surface area contributed by atoms with Crippen molar-refractivity contribution in [3.05, 3.63) is 29.8 Å². The number of carboxylic acid groups (broad SMARTS) is 1. The molecule has 1 unspecified atom stereocenters. The van der Waals surface area contributed by atoms with E-state index in [2.05, 4.69) is 5.32 Å². The predicted octanol–water partition coefficient (Wildman–Crippen LogP) is 3.12. The summed E-state index contributed by atoms with van der Waals surface area (Å²) in [4.78, 5) is 25.3. The van der Waals surface area contributed by atoms with E-state index < -0.39 is 27.9 Å². The van der Waals surface area contributed by atoms with Crippen molar-refractivity contribution in [1.29, 1.82) is 0 Å². The third kappa shape index (κ3) is 4.00. The average Bonchev–Trinajstić information content (AvgIpc) is 2.71. The van der Waals surface area contributed by atoms with E-state index in [9.17, 15) is 23.1 Å². The van der Waals surface area contributed by atoms with Crippen LogP contribution in [0.4, 0.5) is 0 Å². The van der Waals surface area contributed by atoms with Crippen molar-refractivity contribution in [2.24, 2.45) is 23.2 Å². The van der Waals surface area contributed by atoms with Crippen molar-refractivity contribution in [1.82, 2.24) is 9.62 Å². The Morgan fingerprint density at radius 2 is 1.52 bits per heavy atom. The minimum Gasteiger partial charge on any atom is -0.480 e. The molecule has 0 aromatic heterocycles. The number of nitrogens with zero attached hydrogens (tertiary/aromatic N) is 1. The number of nitrogens with one attached hydrogen (secondary N) is 1. The van der Waals surface area contributed by atoms with E-state index in [0.29, 0.717) is 30.8 Å². The smallest absolute Gasteiger partial charge is 0.326 e. The lowest BCUT2D eigenvalue weighted by atomic mass is 9.47. The Labute approximate surface area is 184 Å². The van der Waals surface area contributed by atoms with Crippen LogP contribution in [0.2, 0.25) is 0 Å². The molecule has 1 aromatic carbocycles. The summed E-state index contributed by atoms with van der Waals surface area (Å²) >= 11 is 0. The van der Waals surface area contributed by atoms with Crippen LogP contribution in [-0.4, -0.2) is 48.8 Å². The minimum absolute atomic E-state index is 0.128. The highest BCUT2D eigenvalue weighted by Gasteiger charge is 2.56. The molecule has 5 rings (SSSR count). The van der Waals surface area contributed by atoms with Crippen LogP contribution < -0.4 is 5.32 Å². The van der Waals surface area contributed by atoms with Gasteiger partial charge in [-0.15, -0.1) is 0 Å². The van der Waals surface area contributed by atoms with E-state index in [0.717, 1.165) is 19.3 Å². The molecule has 2 N–H and O–H groups in total. The largest absolute Gasteiger partial charge is 0.480 e. The highest BCUT2D eigenvalue weighted by molar-refractivity contribution is 7.89. The Bertz CT molecular complexity index is 917. The molecule has 7 nitrogen and oxygen atoms in total. The molecule has 1 atom stereocenters. The number of carboxylic acids is 1. The lowest BCUT2D eigenvalue weighted by Gasteiger charge is -2.58. The molecule has 0 spiro atoms. The van der Waals surface area contributed by atoms with Crippen LogP contribution >= 0.6 is 0 Å². The number of rotatable bonds is 8.